The largest absolute Gasteiger partial charge is 0.451 e. The van der Waals surface area contributed by atoms with Crippen LogP contribution in [0, 0.1) is 0 Å². The monoisotopic (exact) mass is 458 g/mol. The number of hydrogen-bond acceptors (Lipinski definition) is 6. The van der Waals surface area contributed by atoms with Gasteiger partial charge in [0.2, 0.25) is 0 Å². The molecule has 0 saturated carbocycles. The lowest BCUT2D eigenvalue weighted by atomic mass is 10.0. The van der Waals surface area contributed by atoms with E-state index in [4.69, 9.17) is 4.42 Å². The van der Waals surface area contributed by atoms with Crippen LogP contribution in [0.4, 0.5) is 0 Å². The highest BCUT2D eigenvalue weighted by Crippen LogP contribution is 2.31. The van der Waals surface area contributed by atoms with Gasteiger partial charge < -0.3 is 9.73 Å². The lowest BCUT2D eigenvalue weighted by Crippen LogP contribution is -2.44. The van der Waals surface area contributed by atoms with Gasteiger partial charge in [-0.25, -0.2) is 9.97 Å². The first-order chi connectivity index (χ1) is 16.3. The minimum absolute atomic E-state index is 0.141. The smallest absolute Gasteiger partial charge is 0.287 e. The Hall–Kier alpha value is -3.16. The fraction of sp³-hybridized carbons (Fsp3) is 0.269. The van der Waals surface area contributed by atoms with Gasteiger partial charge in [-0.1, -0.05) is 60.3 Å². The molecule has 4 aromatic rings. The van der Waals surface area contributed by atoms with Crippen LogP contribution in [0.2, 0.25) is 0 Å². The maximum Gasteiger partial charge on any atom is 0.287 e. The molecule has 1 fully saturated rings. The van der Waals surface area contributed by atoms with Gasteiger partial charge in [0.05, 0.1) is 0 Å². The Morgan fingerprint density at radius 2 is 1.73 bits per heavy atom. The Balaban J connectivity index is 1.25. The highest BCUT2D eigenvalue weighted by atomic mass is 32.2. The molecule has 0 unspecified atom stereocenters. The third kappa shape index (κ3) is 5.26. The van der Waals surface area contributed by atoms with E-state index in [9.17, 15) is 4.79 Å². The van der Waals surface area contributed by atoms with Gasteiger partial charge in [-0.15, -0.1) is 0 Å². The number of carbonyl (C=O) groups excluding carboxylic acids is 1. The normalized spacial score (nSPS) is 15.0. The Labute approximate surface area is 197 Å². The molecule has 2 aromatic heterocycles. The fourth-order valence-electron chi connectivity index (χ4n) is 4.25. The lowest BCUT2D eigenvalue weighted by molar-refractivity contribution is 0.0882. The molecule has 7 heteroatoms. The topological polar surface area (TPSA) is 71.3 Å². The van der Waals surface area contributed by atoms with E-state index in [1.165, 1.54) is 17.3 Å². The summed E-state index contributed by atoms with van der Waals surface area (Å²) in [6.45, 7) is 2.88. The maximum absolute atomic E-state index is 13.2. The number of fused-ring (bicyclic) bond motifs is 1. The van der Waals surface area contributed by atoms with Gasteiger partial charge in [-0.3, -0.25) is 9.69 Å². The van der Waals surface area contributed by atoms with Gasteiger partial charge >= 0.3 is 0 Å². The molecule has 5 rings (SSSR count). The Morgan fingerprint density at radius 1 is 1.00 bits per heavy atom. The molecule has 1 aliphatic rings. The number of nitrogens with one attached hydrogen (secondary N) is 1. The van der Waals surface area contributed by atoms with Crippen LogP contribution in [0.25, 0.3) is 11.0 Å². The first kappa shape index (κ1) is 21.7. The fourth-order valence-corrected chi connectivity index (χ4v) is 5.08. The predicted molar refractivity (Wildman–Crippen MR) is 130 cm³/mol. The van der Waals surface area contributed by atoms with Gasteiger partial charge in [0.25, 0.3) is 5.91 Å². The van der Waals surface area contributed by atoms with Crippen LogP contribution < -0.4 is 5.32 Å². The first-order valence-corrected chi connectivity index (χ1v) is 12.2. The van der Waals surface area contributed by atoms with E-state index in [-0.39, 0.29) is 11.9 Å². The third-order valence-corrected chi connectivity index (χ3v) is 6.87. The molecule has 0 spiro atoms. The number of thioether (sulfide) groups is 1. The molecular weight excluding hydrogens is 432 g/mol. The predicted octanol–water partition coefficient (Wildman–Crippen LogP) is 4.91. The number of furan rings is 1. The van der Waals surface area contributed by atoms with Crippen molar-refractivity contribution in [2.75, 3.05) is 13.1 Å². The molecule has 0 aliphatic carbocycles. The van der Waals surface area contributed by atoms with Crippen molar-refractivity contribution in [3.8, 4) is 0 Å². The number of benzene rings is 2. The molecule has 1 aliphatic heterocycles. The number of piperidine rings is 1. The van der Waals surface area contributed by atoms with E-state index in [2.05, 4.69) is 44.5 Å². The molecular formula is C26H26N4O2S. The summed E-state index contributed by atoms with van der Waals surface area (Å²) in [7, 11) is 0. The second kappa shape index (κ2) is 10.2. The van der Waals surface area contributed by atoms with E-state index < -0.39 is 0 Å². The van der Waals surface area contributed by atoms with Crippen molar-refractivity contribution in [2.45, 2.75) is 36.3 Å². The summed E-state index contributed by atoms with van der Waals surface area (Å²) in [6, 6.07) is 20.3. The molecule has 168 valence electrons. The van der Waals surface area contributed by atoms with Gasteiger partial charge in [-0.2, -0.15) is 0 Å². The number of nitrogens with zero attached hydrogens (tertiary/aromatic N) is 3. The van der Waals surface area contributed by atoms with E-state index in [0.717, 1.165) is 49.0 Å². The Morgan fingerprint density at radius 3 is 2.52 bits per heavy atom. The highest BCUT2D eigenvalue weighted by molar-refractivity contribution is 7.98. The maximum atomic E-state index is 13.2. The third-order valence-electron chi connectivity index (χ3n) is 5.96. The van der Waals surface area contributed by atoms with Gasteiger partial charge in [0.15, 0.2) is 10.9 Å². The van der Waals surface area contributed by atoms with E-state index in [0.29, 0.717) is 16.7 Å². The number of para-hydroxylation sites is 1. The van der Waals surface area contributed by atoms with Gasteiger partial charge in [-0.05, 0) is 30.5 Å². The molecule has 1 saturated heterocycles. The summed E-state index contributed by atoms with van der Waals surface area (Å²) in [4.78, 5) is 24.2. The Bertz CT molecular complexity index is 1200. The van der Waals surface area contributed by atoms with Crippen molar-refractivity contribution in [1.29, 1.82) is 0 Å². The summed E-state index contributed by atoms with van der Waals surface area (Å²) in [5, 5.41) is 4.86. The molecule has 33 heavy (non-hydrogen) atoms. The zero-order chi connectivity index (χ0) is 22.5. The van der Waals surface area contributed by atoms with Crippen LogP contribution in [0.15, 0.2) is 82.6 Å². The average molecular weight is 459 g/mol. The highest BCUT2D eigenvalue weighted by Gasteiger charge is 2.25. The van der Waals surface area contributed by atoms with Crippen molar-refractivity contribution >= 4 is 28.6 Å². The quantitative estimate of drug-likeness (QED) is 0.313. The van der Waals surface area contributed by atoms with Gasteiger partial charge in [0.1, 0.15) is 5.58 Å². The SMILES string of the molecule is O=C(NC1CCN(Cc2ccccc2)CC1)c1oc2ccccc2c1CSc1ncccn1. The summed E-state index contributed by atoms with van der Waals surface area (Å²) >= 11 is 1.50. The molecule has 0 bridgehead atoms. The van der Waals surface area contributed by atoms with E-state index >= 15 is 0 Å². The number of carbonyl (C=O) groups is 1. The lowest BCUT2D eigenvalue weighted by Gasteiger charge is -2.32. The second-order valence-electron chi connectivity index (χ2n) is 8.24. The van der Waals surface area contributed by atoms with Crippen LogP contribution in [0.3, 0.4) is 0 Å². The summed E-state index contributed by atoms with van der Waals surface area (Å²) < 4.78 is 6.01. The summed E-state index contributed by atoms with van der Waals surface area (Å²) in [6.07, 6.45) is 5.31. The first-order valence-electron chi connectivity index (χ1n) is 11.2. The van der Waals surface area contributed by atoms with E-state index in [1.54, 1.807) is 18.5 Å². The van der Waals surface area contributed by atoms with E-state index in [1.807, 2.05) is 30.3 Å². The molecule has 1 amide bonds. The van der Waals surface area contributed by atoms with Crippen LogP contribution in [-0.4, -0.2) is 39.9 Å². The average Bonchev–Trinajstić information content (AvgIpc) is 3.24. The summed E-state index contributed by atoms with van der Waals surface area (Å²) in [5.74, 6) is 0.822. The van der Waals surface area contributed by atoms with Crippen molar-refractivity contribution in [1.82, 2.24) is 20.2 Å². The molecule has 6 nitrogen and oxygen atoms in total. The standard InChI is InChI=1S/C26H26N4O2S/c31-25(29-20-11-15-30(16-12-20)17-19-7-2-1-3-8-19)24-22(18-33-26-27-13-6-14-28-26)21-9-4-5-10-23(21)32-24/h1-10,13-14,20H,11-12,15-18H2,(H,29,31). The molecule has 3 heterocycles. The number of rotatable bonds is 7. The van der Waals surface area contributed by atoms with Crippen LogP contribution in [0.1, 0.15) is 34.5 Å². The zero-order valence-electron chi connectivity index (χ0n) is 18.3. The summed E-state index contributed by atoms with van der Waals surface area (Å²) in [5.41, 5.74) is 2.94. The second-order valence-corrected chi connectivity index (χ2v) is 9.18. The van der Waals surface area contributed by atoms with Crippen molar-refractivity contribution in [2.24, 2.45) is 0 Å². The number of aromatic nitrogens is 2. The van der Waals surface area contributed by atoms with Crippen molar-refractivity contribution in [3.63, 3.8) is 0 Å². The Kier molecular flexibility index (Phi) is 6.69. The van der Waals surface area contributed by atoms with Crippen LogP contribution in [0.5, 0.6) is 0 Å². The number of likely N-dealkylation sites (tertiary alicyclic amines) is 1. The molecule has 0 radical (unpaired) electrons. The number of amides is 1. The zero-order valence-corrected chi connectivity index (χ0v) is 19.1. The minimum atomic E-state index is -0.141. The van der Waals surface area contributed by atoms with Crippen LogP contribution >= 0.6 is 11.8 Å². The molecule has 2 aromatic carbocycles. The van der Waals surface area contributed by atoms with Crippen molar-refractivity contribution in [3.05, 3.63) is 89.9 Å². The minimum Gasteiger partial charge on any atom is -0.451 e. The van der Waals surface area contributed by atoms with Crippen molar-refractivity contribution < 1.29 is 9.21 Å². The molecule has 0 atom stereocenters. The molecule has 1 N–H and O–H groups in total. The van der Waals surface area contributed by atoms with Crippen LogP contribution in [-0.2, 0) is 12.3 Å². The number of hydrogen-bond donors (Lipinski definition) is 1. The van der Waals surface area contributed by atoms with Gasteiger partial charge in [0, 0.05) is 54.8 Å².